The summed E-state index contributed by atoms with van der Waals surface area (Å²) in [4.78, 5) is 11.9. The number of rotatable bonds is 5. The molecule has 0 unspecified atom stereocenters. The molecule has 0 heterocycles. The molecule has 4 nitrogen and oxygen atoms in total. The first-order valence-corrected chi connectivity index (χ1v) is 6.22. The zero-order chi connectivity index (χ0) is 13.8. The Morgan fingerprint density at radius 3 is 2.44 bits per heavy atom. The highest BCUT2D eigenvalue weighted by Gasteiger charge is 2.23. The third-order valence-electron chi connectivity index (χ3n) is 3.35. The minimum absolute atomic E-state index is 0.171. The molecule has 0 aliphatic heterocycles. The van der Waals surface area contributed by atoms with Crippen LogP contribution in [0.15, 0.2) is 18.2 Å². The molecule has 0 saturated heterocycles. The minimum atomic E-state index is -0.846. The quantitative estimate of drug-likeness (QED) is 0.749. The second kappa shape index (κ2) is 5.87. The molecule has 1 amide bonds. The number of carbonyl (C=O) groups excluding carboxylic acids is 1. The second-order valence-electron chi connectivity index (χ2n) is 4.62. The summed E-state index contributed by atoms with van der Waals surface area (Å²) < 4.78 is 0. The van der Waals surface area contributed by atoms with Gasteiger partial charge in [-0.15, -0.1) is 0 Å². The molecule has 0 bridgehead atoms. The number of aryl methyl sites for hydroxylation is 1. The lowest BCUT2D eigenvalue weighted by atomic mass is 9.97. The summed E-state index contributed by atoms with van der Waals surface area (Å²) in [6.45, 7) is 5.75. The van der Waals surface area contributed by atoms with Gasteiger partial charge in [-0.25, -0.2) is 0 Å². The van der Waals surface area contributed by atoms with Crippen LogP contribution < -0.4 is 5.32 Å². The maximum Gasteiger partial charge on any atom is 0.251 e. The molecule has 0 aliphatic carbocycles. The van der Waals surface area contributed by atoms with Gasteiger partial charge in [-0.3, -0.25) is 4.79 Å². The molecule has 0 fully saturated rings. The maximum atomic E-state index is 11.9. The van der Waals surface area contributed by atoms with Crippen LogP contribution in [0.25, 0.3) is 0 Å². The van der Waals surface area contributed by atoms with Crippen LogP contribution in [0.2, 0.25) is 0 Å². The van der Waals surface area contributed by atoms with Crippen LogP contribution in [-0.4, -0.2) is 28.3 Å². The number of hydrogen-bond acceptors (Lipinski definition) is 3. The van der Waals surface area contributed by atoms with Crippen LogP contribution in [0.5, 0.6) is 5.75 Å². The van der Waals surface area contributed by atoms with Gasteiger partial charge < -0.3 is 15.5 Å². The SMILES string of the molecule is CCC(O)(CC)CNC(=O)c1ccc(O)c(C)c1. The van der Waals surface area contributed by atoms with E-state index in [9.17, 15) is 15.0 Å². The highest BCUT2D eigenvalue weighted by molar-refractivity contribution is 5.94. The summed E-state index contributed by atoms with van der Waals surface area (Å²) >= 11 is 0. The van der Waals surface area contributed by atoms with Crippen LogP contribution in [0.4, 0.5) is 0 Å². The highest BCUT2D eigenvalue weighted by atomic mass is 16.3. The smallest absolute Gasteiger partial charge is 0.251 e. The number of phenolic OH excluding ortho intramolecular Hbond substituents is 1. The minimum Gasteiger partial charge on any atom is -0.508 e. The van der Waals surface area contributed by atoms with Gasteiger partial charge in [0.05, 0.1) is 5.60 Å². The Morgan fingerprint density at radius 1 is 1.33 bits per heavy atom. The molecular weight excluding hydrogens is 230 g/mol. The van der Waals surface area contributed by atoms with Gasteiger partial charge in [0.1, 0.15) is 5.75 Å². The molecule has 18 heavy (non-hydrogen) atoms. The molecule has 100 valence electrons. The van der Waals surface area contributed by atoms with Crippen molar-refractivity contribution in [1.29, 1.82) is 0 Å². The number of carbonyl (C=O) groups is 1. The summed E-state index contributed by atoms with van der Waals surface area (Å²) in [7, 11) is 0. The normalized spacial score (nSPS) is 11.3. The molecule has 1 aromatic rings. The molecule has 0 saturated carbocycles. The predicted octanol–water partition coefficient (Wildman–Crippen LogP) is 1.98. The fourth-order valence-electron chi connectivity index (χ4n) is 1.64. The number of nitrogens with one attached hydrogen (secondary N) is 1. The van der Waals surface area contributed by atoms with Crippen molar-refractivity contribution in [3.8, 4) is 5.75 Å². The Morgan fingerprint density at radius 2 is 1.94 bits per heavy atom. The third-order valence-corrected chi connectivity index (χ3v) is 3.35. The van der Waals surface area contributed by atoms with Gasteiger partial charge >= 0.3 is 0 Å². The van der Waals surface area contributed by atoms with E-state index in [0.29, 0.717) is 24.0 Å². The first-order valence-electron chi connectivity index (χ1n) is 6.22. The molecule has 1 rings (SSSR count). The Kier molecular flexibility index (Phi) is 4.73. The first-order chi connectivity index (χ1) is 8.41. The van der Waals surface area contributed by atoms with Gasteiger partial charge in [-0.1, -0.05) is 13.8 Å². The fraction of sp³-hybridized carbons (Fsp3) is 0.500. The van der Waals surface area contributed by atoms with E-state index in [2.05, 4.69) is 5.32 Å². The van der Waals surface area contributed by atoms with Gasteiger partial charge in [0.25, 0.3) is 5.91 Å². The van der Waals surface area contributed by atoms with Gasteiger partial charge in [-0.05, 0) is 43.5 Å². The Hall–Kier alpha value is -1.55. The summed E-state index contributed by atoms with van der Waals surface area (Å²) in [5.74, 6) is -0.0661. The van der Waals surface area contributed by atoms with E-state index < -0.39 is 5.60 Å². The molecular formula is C14H21NO3. The van der Waals surface area contributed by atoms with E-state index in [4.69, 9.17) is 0 Å². The topological polar surface area (TPSA) is 69.6 Å². The molecule has 3 N–H and O–H groups in total. The van der Waals surface area contributed by atoms with E-state index in [-0.39, 0.29) is 18.2 Å². The summed E-state index contributed by atoms with van der Waals surface area (Å²) in [6.07, 6.45) is 1.19. The molecule has 0 aromatic heterocycles. The lowest BCUT2D eigenvalue weighted by Gasteiger charge is -2.25. The van der Waals surface area contributed by atoms with Crippen LogP contribution in [0.1, 0.15) is 42.6 Å². The Balaban J connectivity index is 2.68. The van der Waals surface area contributed by atoms with Crippen molar-refractivity contribution >= 4 is 5.91 Å². The van der Waals surface area contributed by atoms with Crippen molar-refractivity contribution in [1.82, 2.24) is 5.32 Å². The molecule has 0 spiro atoms. The van der Waals surface area contributed by atoms with Crippen LogP contribution in [-0.2, 0) is 0 Å². The fourth-order valence-corrected chi connectivity index (χ4v) is 1.64. The van der Waals surface area contributed by atoms with E-state index in [1.165, 1.54) is 6.07 Å². The number of hydrogen-bond donors (Lipinski definition) is 3. The zero-order valence-electron chi connectivity index (χ0n) is 11.2. The Labute approximate surface area is 108 Å². The van der Waals surface area contributed by atoms with Gasteiger partial charge in [0.15, 0.2) is 0 Å². The summed E-state index contributed by atoms with van der Waals surface area (Å²) in [5.41, 5.74) is 0.297. The summed E-state index contributed by atoms with van der Waals surface area (Å²) in [5, 5.41) is 22.2. The standard InChI is InChI=1S/C14H21NO3/c1-4-14(18,5-2)9-15-13(17)11-6-7-12(16)10(3)8-11/h6-8,16,18H,4-5,9H2,1-3H3,(H,15,17). The van der Waals surface area contributed by atoms with Crippen molar-refractivity contribution in [2.45, 2.75) is 39.2 Å². The number of phenols is 1. The molecule has 0 radical (unpaired) electrons. The zero-order valence-corrected chi connectivity index (χ0v) is 11.2. The number of aromatic hydroxyl groups is 1. The molecule has 0 aliphatic rings. The summed E-state index contributed by atoms with van der Waals surface area (Å²) in [6, 6.07) is 4.69. The van der Waals surface area contributed by atoms with Crippen LogP contribution >= 0.6 is 0 Å². The van der Waals surface area contributed by atoms with Crippen LogP contribution in [0.3, 0.4) is 0 Å². The average molecular weight is 251 g/mol. The first kappa shape index (κ1) is 14.5. The maximum absolute atomic E-state index is 11.9. The van der Waals surface area contributed by atoms with Crippen molar-refractivity contribution in [3.05, 3.63) is 29.3 Å². The lowest BCUT2D eigenvalue weighted by molar-refractivity contribution is 0.0314. The van der Waals surface area contributed by atoms with Crippen molar-refractivity contribution in [2.75, 3.05) is 6.54 Å². The lowest BCUT2D eigenvalue weighted by Crippen LogP contribution is -2.42. The van der Waals surface area contributed by atoms with E-state index in [1.54, 1.807) is 19.1 Å². The predicted molar refractivity (Wildman–Crippen MR) is 70.7 cm³/mol. The van der Waals surface area contributed by atoms with Gasteiger partial charge in [0, 0.05) is 12.1 Å². The average Bonchev–Trinajstić information content (AvgIpc) is 2.38. The van der Waals surface area contributed by atoms with Crippen LogP contribution in [0, 0.1) is 6.92 Å². The highest BCUT2D eigenvalue weighted by Crippen LogP contribution is 2.17. The van der Waals surface area contributed by atoms with Crippen molar-refractivity contribution in [3.63, 3.8) is 0 Å². The third kappa shape index (κ3) is 3.47. The van der Waals surface area contributed by atoms with Crippen molar-refractivity contribution < 1.29 is 15.0 Å². The number of benzene rings is 1. The van der Waals surface area contributed by atoms with Crippen molar-refractivity contribution in [2.24, 2.45) is 0 Å². The Bertz CT molecular complexity index is 425. The monoisotopic (exact) mass is 251 g/mol. The largest absolute Gasteiger partial charge is 0.508 e. The molecule has 1 aromatic carbocycles. The number of amides is 1. The van der Waals surface area contributed by atoms with E-state index in [1.807, 2.05) is 13.8 Å². The molecule has 0 atom stereocenters. The number of aliphatic hydroxyl groups is 1. The second-order valence-corrected chi connectivity index (χ2v) is 4.62. The molecule has 4 heteroatoms. The van der Waals surface area contributed by atoms with Gasteiger partial charge in [-0.2, -0.15) is 0 Å². The van der Waals surface area contributed by atoms with Gasteiger partial charge in [0.2, 0.25) is 0 Å². The van der Waals surface area contributed by atoms with E-state index in [0.717, 1.165) is 0 Å². The van der Waals surface area contributed by atoms with E-state index >= 15 is 0 Å².